The minimum absolute atomic E-state index is 0.0552. The van der Waals surface area contributed by atoms with Gasteiger partial charge in [0.1, 0.15) is 5.82 Å². The average molecular weight is 434 g/mol. The number of piperidine rings is 1. The molecule has 2 N–H and O–H groups in total. The van der Waals surface area contributed by atoms with Gasteiger partial charge in [-0.2, -0.15) is 0 Å². The van der Waals surface area contributed by atoms with Gasteiger partial charge in [-0.25, -0.2) is 13.2 Å². The molecule has 1 saturated heterocycles. The molecule has 0 saturated carbocycles. The molecule has 7 heteroatoms. The van der Waals surface area contributed by atoms with Gasteiger partial charge < -0.3 is 20.3 Å². The van der Waals surface area contributed by atoms with E-state index in [4.69, 9.17) is 4.74 Å². The van der Waals surface area contributed by atoms with Gasteiger partial charge in [0.05, 0.1) is 24.6 Å². The summed E-state index contributed by atoms with van der Waals surface area (Å²) in [6, 6.07) is 6.00. The standard InChI is InChI=1S/C24H30F3N3O/c1-16-7-8-21(20(25)13-16)29-24-19(17(2)28-3)14-18(22(26)23(24)27)15-31-12-11-30-9-5-4-6-10-30/h7-8,13-14,28-29H,2,4-6,9-12,15H2,1,3H3. The molecule has 1 aliphatic rings. The fourth-order valence-corrected chi connectivity index (χ4v) is 3.69. The number of nitrogens with zero attached hydrogens (tertiary/aromatic N) is 1. The molecular formula is C24H30F3N3O. The summed E-state index contributed by atoms with van der Waals surface area (Å²) in [6.07, 6.45) is 3.63. The Morgan fingerprint density at radius 1 is 1.10 bits per heavy atom. The first kappa shape index (κ1) is 23.2. The third kappa shape index (κ3) is 5.80. The van der Waals surface area contributed by atoms with Gasteiger partial charge in [-0.15, -0.1) is 0 Å². The van der Waals surface area contributed by atoms with E-state index >= 15 is 4.39 Å². The first-order valence-corrected chi connectivity index (χ1v) is 10.6. The zero-order valence-corrected chi connectivity index (χ0v) is 18.2. The summed E-state index contributed by atoms with van der Waals surface area (Å²) >= 11 is 0. The molecule has 0 bridgehead atoms. The minimum atomic E-state index is -1.09. The molecule has 3 rings (SSSR count). The van der Waals surface area contributed by atoms with E-state index in [0.717, 1.165) is 25.2 Å². The third-order valence-corrected chi connectivity index (χ3v) is 5.55. The predicted octanol–water partition coefficient (Wildman–Crippen LogP) is 5.35. The normalized spacial score (nSPS) is 14.5. The lowest BCUT2D eigenvalue weighted by molar-refractivity contribution is 0.0844. The number of hydrogen-bond acceptors (Lipinski definition) is 4. The quantitative estimate of drug-likeness (QED) is 0.523. The van der Waals surface area contributed by atoms with Gasteiger partial charge >= 0.3 is 0 Å². The third-order valence-electron chi connectivity index (χ3n) is 5.55. The van der Waals surface area contributed by atoms with E-state index in [-0.39, 0.29) is 23.5 Å². The number of halogens is 3. The van der Waals surface area contributed by atoms with Crippen LogP contribution in [0.15, 0.2) is 30.8 Å². The fraction of sp³-hybridized carbons (Fsp3) is 0.417. The summed E-state index contributed by atoms with van der Waals surface area (Å²) in [5.74, 6) is -2.66. The maximum absolute atomic E-state index is 15.0. The maximum atomic E-state index is 15.0. The number of anilines is 2. The van der Waals surface area contributed by atoms with Crippen molar-refractivity contribution in [3.8, 4) is 0 Å². The van der Waals surface area contributed by atoms with Crippen LogP contribution < -0.4 is 10.6 Å². The Kier molecular flexibility index (Phi) is 7.98. The van der Waals surface area contributed by atoms with Crippen LogP contribution in [0.1, 0.15) is 36.0 Å². The SMILES string of the molecule is C=C(NC)c1cc(COCCN2CCCCC2)c(F)c(F)c1Nc1ccc(C)cc1F. The van der Waals surface area contributed by atoms with Crippen molar-refractivity contribution in [1.82, 2.24) is 10.2 Å². The van der Waals surface area contributed by atoms with E-state index in [1.54, 1.807) is 20.0 Å². The number of ether oxygens (including phenoxy) is 1. The second-order valence-corrected chi connectivity index (χ2v) is 7.88. The lowest BCUT2D eigenvalue weighted by Crippen LogP contribution is -2.32. The highest BCUT2D eigenvalue weighted by Crippen LogP contribution is 2.33. The molecule has 0 atom stereocenters. The van der Waals surface area contributed by atoms with Crippen molar-refractivity contribution in [3.63, 3.8) is 0 Å². The highest BCUT2D eigenvalue weighted by atomic mass is 19.2. The van der Waals surface area contributed by atoms with Crippen LogP contribution in [0.25, 0.3) is 5.70 Å². The molecule has 0 aliphatic carbocycles. The van der Waals surface area contributed by atoms with Crippen molar-refractivity contribution in [2.45, 2.75) is 32.8 Å². The molecule has 0 unspecified atom stereocenters. The summed E-state index contributed by atoms with van der Waals surface area (Å²) in [7, 11) is 1.63. The molecule has 0 spiro atoms. The first-order valence-electron chi connectivity index (χ1n) is 10.6. The Morgan fingerprint density at radius 2 is 1.84 bits per heavy atom. The van der Waals surface area contributed by atoms with E-state index in [1.165, 1.54) is 37.5 Å². The number of benzene rings is 2. The average Bonchev–Trinajstić information content (AvgIpc) is 2.77. The molecule has 1 aliphatic heterocycles. The van der Waals surface area contributed by atoms with Crippen LogP contribution in [-0.2, 0) is 11.3 Å². The number of hydrogen-bond donors (Lipinski definition) is 2. The Labute approximate surface area is 182 Å². The van der Waals surface area contributed by atoms with E-state index in [9.17, 15) is 8.78 Å². The summed E-state index contributed by atoms with van der Waals surface area (Å²) in [6.45, 7) is 8.88. The lowest BCUT2D eigenvalue weighted by atomic mass is 10.0. The lowest BCUT2D eigenvalue weighted by Gasteiger charge is -2.26. The van der Waals surface area contributed by atoms with Crippen LogP contribution in [-0.4, -0.2) is 38.2 Å². The number of rotatable bonds is 9. The molecule has 168 valence electrons. The monoisotopic (exact) mass is 433 g/mol. The predicted molar refractivity (Wildman–Crippen MR) is 119 cm³/mol. The molecular weight excluding hydrogens is 403 g/mol. The van der Waals surface area contributed by atoms with Crippen LogP contribution >= 0.6 is 0 Å². The second kappa shape index (κ2) is 10.7. The van der Waals surface area contributed by atoms with Crippen LogP contribution in [0.2, 0.25) is 0 Å². The van der Waals surface area contributed by atoms with Gasteiger partial charge in [-0.1, -0.05) is 19.1 Å². The van der Waals surface area contributed by atoms with Crippen molar-refractivity contribution in [3.05, 3.63) is 65.0 Å². The molecule has 1 heterocycles. The highest BCUT2D eigenvalue weighted by Gasteiger charge is 2.21. The second-order valence-electron chi connectivity index (χ2n) is 7.88. The van der Waals surface area contributed by atoms with Gasteiger partial charge in [0, 0.05) is 30.4 Å². The van der Waals surface area contributed by atoms with Gasteiger partial charge in [0.25, 0.3) is 0 Å². The van der Waals surface area contributed by atoms with Crippen molar-refractivity contribution >= 4 is 17.1 Å². The molecule has 0 amide bonds. The van der Waals surface area contributed by atoms with Gasteiger partial charge in [-0.05, 0) is 56.6 Å². The molecule has 1 fully saturated rings. The largest absolute Gasteiger partial charge is 0.388 e. The summed E-state index contributed by atoms with van der Waals surface area (Å²) in [5.41, 5.74) is 1.40. The maximum Gasteiger partial charge on any atom is 0.183 e. The number of aryl methyl sites for hydroxylation is 1. The Bertz CT molecular complexity index is 927. The van der Waals surface area contributed by atoms with E-state index in [2.05, 4.69) is 22.1 Å². The van der Waals surface area contributed by atoms with Gasteiger partial charge in [0.2, 0.25) is 0 Å². The molecule has 4 nitrogen and oxygen atoms in total. The van der Waals surface area contributed by atoms with Crippen LogP contribution in [0, 0.1) is 24.4 Å². The van der Waals surface area contributed by atoms with E-state index < -0.39 is 17.5 Å². The van der Waals surface area contributed by atoms with E-state index in [1.807, 2.05) is 0 Å². The Balaban J connectivity index is 1.78. The van der Waals surface area contributed by atoms with Gasteiger partial charge in [-0.3, -0.25) is 0 Å². The highest BCUT2D eigenvalue weighted by molar-refractivity contribution is 5.78. The molecule has 2 aromatic carbocycles. The van der Waals surface area contributed by atoms with Crippen molar-refractivity contribution in [1.29, 1.82) is 0 Å². The zero-order chi connectivity index (χ0) is 22.4. The molecule has 31 heavy (non-hydrogen) atoms. The first-order chi connectivity index (χ1) is 14.9. The van der Waals surface area contributed by atoms with Crippen molar-refractivity contribution < 1.29 is 17.9 Å². The zero-order valence-electron chi connectivity index (χ0n) is 18.2. The molecule has 2 aromatic rings. The number of nitrogens with one attached hydrogen (secondary N) is 2. The summed E-state index contributed by atoms with van der Waals surface area (Å²) < 4.78 is 49.8. The van der Waals surface area contributed by atoms with Crippen molar-refractivity contribution in [2.24, 2.45) is 0 Å². The Hall–Kier alpha value is -2.51. The summed E-state index contributed by atoms with van der Waals surface area (Å²) in [4.78, 5) is 2.32. The van der Waals surface area contributed by atoms with E-state index in [0.29, 0.717) is 17.9 Å². The van der Waals surface area contributed by atoms with Crippen LogP contribution in [0.4, 0.5) is 24.5 Å². The molecule has 0 aromatic heterocycles. The van der Waals surface area contributed by atoms with Crippen LogP contribution in [0.3, 0.4) is 0 Å². The minimum Gasteiger partial charge on any atom is -0.388 e. The number of likely N-dealkylation sites (tertiary alicyclic amines) is 1. The molecule has 0 radical (unpaired) electrons. The fourth-order valence-electron chi connectivity index (χ4n) is 3.69. The summed E-state index contributed by atoms with van der Waals surface area (Å²) in [5, 5.41) is 5.54. The topological polar surface area (TPSA) is 36.5 Å². The van der Waals surface area contributed by atoms with Crippen molar-refractivity contribution in [2.75, 3.05) is 38.6 Å². The smallest absolute Gasteiger partial charge is 0.183 e. The van der Waals surface area contributed by atoms with Crippen LogP contribution in [0.5, 0.6) is 0 Å². The Morgan fingerprint density at radius 3 is 2.52 bits per heavy atom. The van der Waals surface area contributed by atoms with Gasteiger partial charge in [0.15, 0.2) is 11.6 Å².